The van der Waals surface area contributed by atoms with Gasteiger partial charge in [-0.3, -0.25) is 4.79 Å². The number of carbonyl (C=O) groups excluding carboxylic acids is 1. The average molecular weight is 445 g/mol. The summed E-state index contributed by atoms with van der Waals surface area (Å²) >= 11 is 3.50. The molecular formula is C19H17BrF4N2O. The molecule has 0 aliphatic heterocycles. The first-order valence-electron chi connectivity index (χ1n) is 8.41. The van der Waals surface area contributed by atoms with E-state index in [0.29, 0.717) is 24.0 Å². The van der Waals surface area contributed by atoms with Crippen LogP contribution in [0.15, 0.2) is 33.7 Å². The third-order valence-electron chi connectivity index (χ3n) is 4.58. The Labute approximate surface area is 161 Å². The maximum Gasteiger partial charge on any atom is 0.419 e. The molecule has 0 saturated heterocycles. The first kappa shape index (κ1) is 19.8. The summed E-state index contributed by atoms with van der Waals surface area (Å²) in [6.45, 7) is 4.35. The molecule has 3 nitrogen and oxygen atoms in total. The fourth-order valence-corrected chi connectivity index (χ4v) is 3.20. The van der Waals surface area contributed by atoms with Crippen molar-refractivity contribution < 1.29 is 22.4 Å². The summed E-state index contributed by atoms with van der Waals surface area (Å²) in [5.41, 5.74) is -0.172. The third-order valence-corrected chi connectivity index (χ3v) is 5.78. The SMILES string of the molecule is Cc1c/c(=N\C(=O)c2cccc(C(F)(F)F)c2F)n(CC2CC2)c(C)c1Br. The second kappa shape index (κ2) is 7.22. The molecule has 1 amide bonds. The molecule has 0 unspecified atom stereocenters. The first-order valence-corrected chi connectivity index (χ1v) is 9.20. The van der Waals surface area contributed by atoms with E-state index in [9.17, 15) is 22.4 Å². The molecule has 0 radical (unpaired) electrons. The van der Waals surface area contributed by atoms with Crippen molar-refractivity contribution in [1.29, 1.82) is 0 Å². The molecule has 1 heterocycles. The van der Waals surface area contributed by atoms with Crippen LogP contribution < -0.4 is 5.49 Å². The van der Waals surface area contributed by atoms with Crippen LogP contribution in [0, 0.1) is 25.6 Å². The number of rotatable bonds is 3. The largest absolute Gasteiger partial charge is 0.419 e. The molecule has 8 heteroatoms. The van der Waals surface area contributed by atoms with Gasteiger partial charge in [-0.2, -0.15) is 18.2 Å². The standard InChI is InChI=1S/C19H17BrF4N2O/c1-10-8-15(26(9-12-6-7-12)11(2)16(10)20)25-18(27)13-4-3-5-14(17(13)21)19(22,23)24/h3-5,8,12H,6-7,9H2,1-2H3/b25-15+. The normalized spacial score (nSPS) is 15.3. The maximum atomic E-state index is 14.2. The van der Waals surface area contributed by atoms with E-state index in [-0.39, 0.29) is 0 Å². The maximum absolute atomic E-state index is 14.2. The van der Waals surface area contributed by atoms with Gasteiger partial charge in [0.05, 0.1) is 11.1 Å². The Kier molecular flexibility index (Phi) is 5.29. The fourth-order valence-electron chi connectivity index (χ4n) is 2.87. The number of benzene rings is 1. The van der Waals surface area contributed by atoms with E-state index < -0.39 is 29.0 Å². The van der Waals surface area contributed by atoms with Crippen molar-refractivity contribution >= 4 is 21.8 Å². The molecule has 1 fully saturated rings. The van der Waals surface area contributed by atoms with E-state index in [4.69, 9.17) is 0 Å². The molecule has 144 valence electrons. The van der Waals surface area contributed by atoms with Crippen LogP contribution in [0.2, 0.25) is 0 Å². The van der Waals surface area contributed by atoms with Crippen molar-refractivity contribution in [2.75, 3.05) is 0 Å². The molecule has 3 rings (SSSR count). The van der Waals surface area contributed by atoms with Gasteiger partial charge in [0, 0.05) is 16.7 Å². The highest BCUT2D eigenvalue weighted by Gasteiger charge is 2.35. The van der Waals surface area contributed by atoms with Crippen molar-refractivity contribution in [3.05, 3.63) is 62.4 Å². The molecule has 0 N–H and O–H groups in total. The average Bonchev–Trinajstić information content (AvgIpc) is 3.39. The lowest BCUT2D eigenvalue weighted by molar-refractivity contribution is -0.140. The molecule has 27 heavy (non-hydrogen) atoms. The number of alkyl halides is 3. The second-order valence-electron chi connectivity index (χ2n) is 6.72. The van der Waals surface area contributed by atoms with E-state index in [1.54, 1.807) is 6.07 Å². The van der Waals surface area contributed by atoms with Crippen molar-refractivity contribution in [1.82, 2.24) is 4.57 Å². The molecule has 1 saturated carbocycles. The molecule has 1 aromatic carbocycles. The Balaban J connectivity index is 2.11. The Bertz CT molecular complexity index is 975. The lowest BCUT2D eigenvalue weighted by atomic mass is 10.1. The fraction of sp³-hybridized carbons (Fsp3) is 0.368. The summed E-state index contributed by atoms with van der Waals surface area (Å²) in [5, 5.41) is 0. The minimum Gasteiger partial charge on any atom is -0.329 e. The van der Waals surface area contributed by atoms with E-state index in [1.165, 1.54) is 0 Å². The van der Waals surface area contributed by atoms with Gasteiger partial charge in [-0.25, -0.2) is 4.39 Å². The smallest absolute Gasteiger partial charge is 0.329 e. The minimum absolute atomic E-state index is 0.307. The van der Waals surface area contributed by atoms with Crippen LogP contribution in [0.3, 0.4) is 0 Å². The number of hydrogen-bond donors (Lipinski definition) is 0. The summed E-state index contributed by atoms with van der Waals surface area (Å²) in [7, 11) is 0. The molecule has 0 spiro atoms. The Morgan fingerprint density at radius 1 is 1.30 bits per heavy atom. The first-order chi connectivity index (χ1) is 12.6. The van der Waals surface area contributed by atoms with Crippen molar-refractivity contribution in [3.63, 3.8) is 0 Å². The lowest BCUT2D eigenvalue weighted by Crippen LogP contribution is -2.26. The summed E-state index contributed by atoms with van der Waals surface area (Å²) < 4.78 is 55.6. The van der Waals surface area contributed by atoms with Crippen LogP contribution in [0.25, 0.3) is 0 Å². The number of aromatic nitrogens is 1. The number of nitrogens with zero attached hydrogens (tertiary/aromatic N) is 2. The van der Waals surface area contributed by atoms with Crippen LogP contribution in [-0.2, 0) is 12.7 Å². The summed E-state index contributed by atoms with van der Waals surface area (Å²) in [6.07, 6.45) is -2.72. The van der Waals surface area contributed by atoms with Crippen LogP contribution in [-0.4, -0.2) is 10.5 Å². The molecule has 1 aliphatic rings. The zero-order chi connectivity index (χ0) is 19.9. The molecule has 1 aliphatic carbocycles. The highest BCUT2D eigenvalue weighted by molar-refractivity contribution is 9.10. The van der Waals surface area contributed by atoms with Gasteiger partial charge < -0.3 is 4.57 Å². The quantitative estimate of drug-likeness (QED) is 0.600. The predicted molar refractivity (Wildman–Crippen MR) is 95.6 cm³/mol. The van der Waals surface area contributed by atoms with Gasteiger partial charge in [-0.1, -0.05) is 6.07 Å². The second-order valence-corrected chi connectivity index (χ2v) is 7.51. The van der Waals surface area contributed by atoms with Crippen LogP contribution >= 0.6 is 15.9 Å². The number of carbonyl (C=O) groups is 1. The van der Waals surface area contributed by atoms with E-state index in [0.717, 1.165) is 40.7 Å². The zero-order valence-electron chi connectivity index (χ0n) is 14.7. The predicted octanol–water partition coefficient (Wildman–Crippen LogP) is 5.18. The Hall–Kier alpha value is -1.96. The number of hydrogen-bond acceptors (Lipinski definition) is 1. The van der Waals surface area contributed by atoms with Gasteiger partial charge in [0.25, 0.3) is 5.91 Å². The molecule has 0 bridgehead atoms. The summed E-state index contributed by atoms with van der Waals surface area (Å²) in [6, 6.07) is 4.29. The number of amides is 1. The minimum atomic E-state index is -4.88. The van der Waals surface area contributed by atoms with E-state index in [2.05, 4.69) is 20.9 Å². The Morgan fingerprint density at radius 3 is 2.56 bits per heavy atom. The molecule has 1 aromatic heterocycles. The van der Waals surface area contributed by atoms with Crippen LogP contribution in [0.1, 0.15) is 40.0 Å². The van der Waals surface area contributed by atoms with E-state index >= 15 is 0 Å². The number of aryl methyl sites for hydroxylation is 1. The lowest BCUT2D eigenvalue weighted by Gasteiger charge is -2.15. The van der Waals surface area contributed by atoms with Gasteiger partial charge in [-0.05, 0) is 72.3 Å². The zero-order valence-corrected chi connectivity index (χ0v) is 16.3. The monoisotopic (exact) mass is 444 g/mol. The van der Waals surface area contributed by atoms with Gasteiger partial charge in [0.15, 0.2) is 0 Å². The number of halogens is 5. The topological polar surface area (TPSA) is 34.4 Å². The number of pyridine rings is 1. The van der Waals surface area contributed by atoms with Crippen molar-refractivity contribution in [2.45, 2.75) is 39.4 Å². The van der Waals surface area contributed by atoms with Gasteiger partial charge in [0.1, 0.15) is 11.3 Å². The van der Waals surface area contributed by atoms with Crippen molar-refractivity contribution in [3.8, 4) is 0 Å². The van der Waals surface area contributed by atoms with Crippen LogP contribution in [0.5, 0.6) is 0 Å². The molecule has 0 atom stereocenters. The molecular weight excluding hydrogens is 428 g/mol. The van der Waals surface area contributed by atoms with Gasteiger partial charge in [-0.15, -0.1) is 0 Å². The van der Waals surface area contributed by atoms with Crippen molar-refractivity contribution in [2.24, 2.45) is 10.9 Å². The van der Waals surface area contributed by atoms with Gasteiger partial charge in [0.2, 0.25) is 0 Å². The van der Waals surface area contributed by atoms with Crippen LogP contribution in [0.4, 0.5) is 17.6 Å². The Morgan fingerprint density at radius 2 is 1.96 bits per heavy atom. The highest BCUT2D eigenvalue weighted by Crippen LogP contribution is 2.33. The molecule has 2 aromatic rings. The summed E-state index contributed by atoms with van der Waals surface area (Å²) in [5.74, 6) is -2.15. The highest BCUT2D eigenvalue weighted by atomic mass is 79.9. The summed E-state index contributed by atoms with van der Waals surface area (Å²) in [4.78, 5) is 16.4. The van der Waals surface area contributed by atoms with E-state index in [1.807, 2.05) is 18.4 Å². The van der Waals surface area contributed by atoms with Gasteiger partial charge >= 0.3 is 6.18 Å². The third kappa shape index (κ3) is 4.15.